The number of thiophene rings is 1. The average molecular weight is 453 g/mol. The zero-order valence-corrected chi connectivity index (χ0v) is 17.7. The van der Waals surface area contributed by atoms with E-state index in [9.17, 15) is 22.8 Å². The van der Waals surface area contributed by atoms with Crippen molar-refractivity contribution < 1.29 is 27.5 Å². The van der Waals surface area contributed by atoms with E-state index in [1.807, 2.05) is 0 Å². The Balaban J connectivity index is 1.56. The Labute approximate surface area is 180 Å². The summed E-state index contributed by atoms with van der Waals surface area (Å²) in [5.74, 6) is 0.0679. The highest BCUT2D eigenvalue weighted by atomic mass is 32.1. The van der Waals surface area contributed by atoms with Crippen LogP contribution in [0.15, 0.2) is 17.5 Å². The van der Waals surface area contributed by atoms with Gasteiger partial charge in [-0.25, -0.2) is 9.78 Å². The summed E-state index contributed by atoms with van der Waals surface area (Å²) < 4.78 is 46.4. The molecule has 1 unspecified atom stereocenters. The molecule has 4 rings (SSSR count). The van der Waals surface area contributed by atoms with Gasteiger partial charge in [0.15, 0.2) is 0 Å². The van der Waals surface area contributed by atoms with Gasteiger partial charge in [-0.05, 0) is 43.2 Å². The smallest absolute Gasteiger partial charge is 0.417 e. The molecule has 31 heavy (non-hydrogen) atoms. The summed E-state index contributed by atoms with van der Waals surface area (Å²) in [6.45, 7) is 0.616. The third-order valence-electron chi connectivity index (χ3n) is 5.50. The Morgan fingerprint density at radius 1 is 1.29 bits per heavy atom. The highest BCUT2D eigenvalue weighted by Crippen LogP contribution is 2.40. The van der Waals surface area contributed by atoms with Crippen LogP contribution in [0.3, 0.4) is 0 Å². The number of hydrogen-bond acceptors (Lipinski definition) is 5. The number of carbonyl (C=O) groups is 2. The van der Waals surface area contributed by atoms with Crippen LogP contribution in [0, 0.1) is 5.92 Å². The zero-order chi connectivity index (χ0) is 22.2. The van der Waals surface area contributed by atoms with Crippen LogP contribution in [0.4, 0.5) is 18.0 Å². The van der Waals surface area contributed by atoms with Gasteiger partial charge in [0.05, 0.1) is 27.0 Å². The second kappa shape index (κ2) is 8.49. The Bertz CT molecular complexity index is 1040. The second-order valence-corrected chi connectivity index (χ2v) is 8.69. The molecule has 0 bridgehead atoms. The first-order valence-corrected chi connectivity index (χ1v) is 11.0. The minimum atomic E-state index is -4.57. The first kappa shape index (κ1) is 21.6. The van der Waals surface area contributed by atoms with Gasteiger partial charge >= 0.3 is 12.3 Å². The normalized spacial score (nSPS) is 19.1. The summed E-state index contributed by atoms with van der Waals surface area (Å²) in [6.07, 6.45) is -0.0100. The van der Waals surface area contributed by atoms with Crippen LogP contribution < -0.4 is 10.6 Å². The van der Waals surface area contributed by atoms with Crippen LogP contribution in [0.2, 0.25) is 0 Å². The van der Waals surface area contributed by atoms with Gasteiger partial charge in [-0.15, -0.1) is 11.3 Å². The van der Waals surface area contributed by atoms with Crippen molar-refractivity contribution in [2.24, 2.45) is 5.92 Å². The number of amides is 2. The molecule has 2 heterocycles. The molecule has 0 saturated heterocycles. The van der Waals surface area contributed by atoms with Gasteiger partial charge < -0.3 is 15.4 Å². The number of fused-ring (bicyclic) bond motifs is 1. The maximum absolute atomic E-state index is 13.7. The molecule has 1 saturated carbocycles. The van der Waals surface area contributed by atoms with Crippen molar-refractivity contribution in [3.63, 3.8) is 0 Å². The van der Waals surface area contributed by atoms with Crippen molar-refractivity contribution in [1.29, 1.82) is 0 Å². The second-order valence-electron chi connectivity index (χ2n) is 7.81. The van der Waals surface area contributed by atoms with Gasteiger partial charge in [-0.1, -0.05) is 6.08 Å². The molecule has 6 nitrogen and oxygen atoms in total. The van der Waals surface area contributed by atoms with Gasteiger partial charge in [0, 0.05) is 25.4 Å². The molecule has 2 N–H and O–H groups in total. The summed E-state index contributed by atoms with van der Waals surface area (Å²) in [5.41, 5.74) is 0.221. The van der Waals surface area contributed by atoms with Crippen molar-refractivity contribution in [3.05, 3.63) is 34.3 Å². The molecule has 1 atom stereocenters. The number of carbonyl (C=O) groups excluding carboxylic acids is 2. The van der Waals surface area contributed by atoms with Crippen LogP contribution in [0.5, 0.6) is 0 Å². The van der Waals surface area contributed by atoms with Crippen LogP contribution in [-0.4, -0.2) is 36.7 Å². The van der Waals surface area contributed by atoms with Gasteiger partial charge in [-0.2, -0.15) is 13.2 Å². The van der Waals surface area contributed by atoms with Gasteiger partial charge in [0.1, 0.15) is 6.10 Å². The Kier molecular flexibility index (Phi) is 5.92. The molecular formula is C21H22F3N3O3S. The number of rotatable bonds is 5. The summed E-state index contributed by atoms with van der Waals surface area (Å²) in [4.78, 5) is 28.4. The molecule has 166 valence electrons. The largest absolute Gasteiger partial charge is 0.446 e. The molecule has 0 aromatic carbocycles. The van der Waals surface area contributed by atoms with E-state index < -0.39 is 23.7 Å². The van der Waals surface area contributed by atoms with Crippen LogP contribution in [0.25, 0.3) is 15.8 Å². The van der Waals surface area contributed by atoms with E-state index in [0.717, 1.165) is 30.2 Å². The van der Waals surface area contributed by atoms with Gasteiger partial charge in [-0.3, -0.25) is 4.79 Å². The Hall–Kier alpha value is -2.62. The fourth-order valence-corrected chi connectivity index (χ4v) is 4.60. The van der Waals surface area contributed by atoms with Crippen molar-refractivity contribution in [2.45, 2.75) is 44.4 Å². The van der Waals surface area contributed by atoms with E-state index >= 15 is 0 Å². The van der Waals surface area contributed by atoms with Crippen molar-refractivity contribution in [2.75, 3.05) is 13.6 Å². The number of ether oxygens (including phenoxy) is 1. The number of aromatic nitrogens is 1. The van der Waals surface area contributed by atoms with Gasteiger partial charge in [0.2, 0.25) is 0 Å². The molecule has 0 spiro atoms. The number of nitrogens with zero attached hydrogens (tertiary/aromatic N) is 1. The molecule has 2 aliphatic rings. The van der Waals surface area contributed by atoms with Crippen LogP contribution in [-0.2, 0) is 10.9 Å². The first-order valence-electron chi connectivity index (χ1n) is 10.1. The molecule has 10 heteroatoms. The third kappa shape index (κ3) is 4.84. The van der Waals surface area contributed by atoms with E-state index in [1.54, 1.807) is 6.08 Å². The van der Waals surface area contributed by atoms with Crippen LogP contribution in [0.1, 0.15) is 53.7 Å². The number of alkyl carbamates (subject to hydrolysis) is 1. The SMILES string of the molecule is CNC(=O)c1csc2c(C(F)(F)F)cc(C3=CCC(OC(=O)NCC4CC4)CC3)nc12. The summed E-state index contributed by atoms with van der Waals surface area (Å²) in [7, 11) is 1.42. The molecule has 2 aromatic rings. The van der Waals surface area contributed by atoms with E-state index in [2.05, 4.69) is 15.6 Å². The van der Waals surface area contributed by atoms with E-state index in [1.165, 1.54) is 12.4 Å². The molecule has 2 aromatic heterocycles. The van der Waals surface area contributed by atoms with Crippen molar-refractivity contribution >= 4 is 39.1 Å². The number of halogens is 3. The summed E-state index contributed by atoms with van der Waals surface area (Å²) in [5, 5.41) is 6.58. The minimum Gasteiger partial charge on any atom is -0.446 e. The lowest BCUT2D eigenvalue weighted by molar-refractivity contribution is -0.136. The molecule has 2 amide bonds. The number of hydrogen-bond donors (Lipinski definition) is 2. The maximum Gasteiger partial charge on any atom is 0.417 e. The summed E-state index contributed by atoms with van der Waals surface area (Å²) >= 11 is 0.857. The number of pyridine rings is 1. The quantitative estimate of drug-likeness (QED) is 0.685. The fourth-order valence-electron chi connectivity index (χ4n) is 3.57. The fraction of sp³-hybridized carbons (Fsp3) is 0.476. The topological polar surface area (TPSA) is 80.3 Å². The Morgan fingerprint density at radius 2 is 2.06 bits per heavy atom. The molecule has 2 aliphatic carbocycles. The average Bonchev–Trinajstić information content (AvgIpc) is 3.48. The molecule has 0 radical (unpaired) electrons. The highest BCUT2D eigenvalue weighted by molar-refractivity contribution is 7.17. The first-order chi connectivity index (χ1) is 14.8. The van der Waals surface area contributed by atoms with E-state index in [0.29, 0.717) is 37.3 Å². The zero-order valence-electron chi connectivity index (χ0n) is 16.8. The predicted octanol–water partition coefficient (Wildman–Crippen LogP) is 4.75. The van der Waals surface area contributed by atoms with Crippen LogP contribution >= 0.6 is 11.3 Å². The Morgan fingerprint density at radius 3 is 2.68 bits per heavy atom. The number of nitrogens with one attached hydrogen (secondary N) is 2. The lowest BCUT2D eigenvalue weighted by Crippen LogP contribution is -2.31. The molecular weight excluding hydrogens is 431 g/mol. The number of allylic oxidation sites excluding steroid dienone is 1. The van der Waals surface area contributed by atoms with Gasteiger partial charge in [0.25, 0.3) is 5.91 Å². The number of alkyl halides is 3. The van der Waals surface area contributed by atoms with Crippen molar-refractivity contribution in [3.8, 4) is 0 Å². The minimum absolute atomic E-state index is 0.0490. The van der Waals surface area contributed by atoms with E-state index in [-0.39, 0.29) is 27.6 Å². The molecule has 1 fully saturated rings. The lowest BCUT2D eigenvalue weighted by Gasteiger charge is -2.22. The van der Waals surface area contributed by atoms with E-state index in [4.69, 9.17) is 4.74 Å². The lowest BCUT2D eigenvalue weighted by atomic mass is 9.94. The standard InChI is InChI=1S/C21H22F3N3O3S/c1-25-19(28)14-10-31-18-15(21(22,23)24)8-16(27-17(14)18)12-4-6-13(7-5-12)30-20(29)26-9-11-2-3-11/h4,8,10-11,13H,2-3,5-7,9H2,1H3,(H,25,28)(H,26,29). The summed E-state index contributed by atoms with van der Waals surface area (Å²) in [6, 6.07) is 1.04. The van der Waals surface area contributed by atoms with Crippen molar-refractivity contribution in [1.82, 2.24) is 15.6 Å². The maximum atomic E-state index is 13.7. The monoisotopic (exact) mass is 453 g/mol. The highest BCUT2D eigenvalue weighted by Gasteiger charge is 2.35. The molecule has 0 aliphatic heterocycles. The third-order valence-corrected chi connectivity index (χ3v) is 6.50. The predicted molar refractivity (Wildman–Crippen MR) is 111 cm³/mol.